The van der Waals surface area contributed by atoms with Gasteiger partial charge in [0.2, 0.25) is 0 Å². The standard InChI is InChI=1S/C21H26BNO4/c1-20(2)21(3,4)27-22(26-20)16(14-24)13-15-5-9-18(10-6-15)25-19-11-7-17(23)8-12-19/h5-13,24H,14,23H2,1-4H3. The highest BCUT2D eigenvalue weighted by atomic mass is 16.7. The average Bonchev–Trinajstić information content (AvgIpc) is 2.83. The van der Waals surface area contributed by atoms with Gasteiger partial charge in [0.25, 0.3) is 0 Å². The van der Waals surface area contributed by atoms with E-state index in [2.05, 4.69) is 0 Å². The normalized spacial score (nSPS) is 18.6. The fraction of sp³-hybridized carbons (Fsp3) is 0.333. The molecule has 3 rings (SSSR count). The second-order valence-corrected chi connectivity index (χ2v) is 7.71. The van der Waals surface area contributed by atoms with Gasteiger partial charge in [-0.2, -0.15) is 0 Å². The minimum atomic E-state index is -0.564. The molecule has 0 aromatic heterocycles. The molecule has 3 N–H and O–H groups in total. The monoisotopic (exact) mass is 367 g/mol. The molecule has 1 heterocycles. The summed E-state index contributed by atoms with van der Waals surface area (Å²) in [5.74, 6) is 1.44. The van der Waals surface area contributed by atoms with Gasteiger partial charge in [-0.1, -0.05) is 18.2 Å². The zero-order valence-corrected chi connectivity index (χ0v) is 16.2. The predicted octanol–water partition coefficient (Wildman–Crippen LogP) is 4.07. The Morgan fingerprint density at radius 2 is 1.44 bits per heavy atom. The molecular weight excluding hydrogens is 341 g/mol. The smallest absolute Gasteiger partial charge is 0.457 e. The highest BCUT2D eigenvalue weighted by molar-refractivity contribution is 6.55. The number of aliphatic hydroxyl groups excluding tert-OH is 1. The van der Waals surface area contributed by atoms with Crippen LogP contribution < -0.4 is 10.5 Å². The molecule has 0 unspecified atom stereocenters. The van der Waals surface area contributed by atoms with Gasteiger partial charge in [0.15, 0.2) is 0 Å². The Kier molecular flexibility index (Phi) is 5.33. The van der Waals surface area contributed by atoms with Crippen LogP contribution in [0.15, 0.2) is 54.0 Å². The molecular formula is C21H26BNO4. The molecule has 0 amide bonds. The second kappa shape index (κ2) is 7.39. The first kappa shape index (κ1) is 19.5. The van der Waals surface area contributed by atoms with E-state index in [4.69, 9.17) is 19.8 Å². The molecule has 1 saturated heterocycles. The van der Waals surface area contributed by atoms with Gasteiger partial charge in [-0.25, -0.2) is 0 Å². The van der Waals surface area contributed by atoms with Crippen LogP contribution in [0, 0.1) is 0 Å². The van der Waals surface area contributed by atoms with E-state index in [-0.39, 0.29) is 6.61 Å². The molecule has 2 aromatic carbocycles. The molecule has 0 atom stereocenters. The fourth-order valence-electron chi connectivity index (χ4n) is 2.70. The van der Waals surface area contributed by atoms with E-state index in [0.29, 0.717) is 11.2 Å². The van der Waals surface area contributed by atoms with Crippen molar-refractivity contribution in [1.82, 2.24) is 0 Å². The lowest BCUT2D eigenvalue weighted by atomic mass is 9.77. The molecule has 1 aliphatic rings. The quantitative estimate of drug-likeness (QED) is 0.616. The number of nitrogens with two attached hydrogens (primary N) is 1. The van der Waals surface area contributed by atoms with E-state index in [1.54, 1.807) is 12.1 Å². The van der Waals surface area contributed by atoms with Crippen LogP contribution in [0.3, 0.4) is 0 Å². The van der Waals surface area contributed by atoms with Crippen molar-refractivity contribution < 1.29 is 19.2 Å². The summed E-state index contributed by atoms with van der Waals surface area (Å²) >= 11 is 0. The molecule has 1 fully saturated rings. The summed E-state index contributed by atoms with van der Waals surface area (Å²) < 4.78 is 17.8. The zero-order valence-electron chi connectivity index (χ0n) is 16.2. The molecule has 0 aliphatic carbocycles. The number of aliphatic hydroxyl groups is 1. The summed E-state index contributed by atoms with van der Waals surface area (Å²) in [6.07, 6.45) is 1.88. The third kappa shape index (κ3) is 4.35. The number of benzene rings is 2. The van der Waals surface area contributed by atoms with Crippen molar-refractivity contribution in [3.05, 3.63) is 59.6 Å². The topological polar surface area (TPSA) is 73.9 Å². The Bertz CT molecular complexity index is 797. The number of ether oxygens (including phenoxy) is 1. The number of hydrogen-bond donors (Lipinski definition) is 2. The van der Waals surface area contributed by atoms with Gasteiger partial charge in [-0.05, 0) is 75.1 Å². The van der Waals surface area contributed by atoms with Crippen molar-refractivity contribution in [1.29, 1.82) is 0 Å². The van der Waals surface area contributed by atoms with Crippen molar-refractivity contribution in [2.24, 2.45) is 0 Å². The van der Waals surface area contributed by atoms with Gasteiger partial charge < -0.3 is 24.9 Å². The van der Waals surface area contributed by atoms with Crippen LogP contribution in [0.5, 0.6) is 11.5 Å². The van der Waals surface area contributed by atoms with Crippen LogP contribution in [0.2, 0.25) is 0 Å². The Morgan fingerprint density at radius 3 is 1.93 bits per heavy atom. The van der Waals surface area contributed by atoms with E-state index >= 15 is 0 Å². The molecule has 0 radical (unpaired) electrons. The van der Waals surface area contributed by atoms with Gasteiger partial charge in [-0.15, -0.1) is 0 Å². The highest BCUT2D eigenvalue weighted by Crippen LogP contribution is 2.38. The van der Waals surface area contributed by atoms with Gasteiger partial charge in [-0.3, -0.25) is 0 Å². The van der Waals surface area contributed by atoms with Crippen molar-refractivity contribution in [3.63, 3.8) is 0 Å². The number of hydrogen-bond acceptors (Lipinski definition) is 5. The maximum Gasteiger partial charge on any atom is 0.492 e. The molecule has 0 saturated carbocycles. The molecule has 0 bridgehead atoms. The third-order valence-corrected chi connectivity index (χ3v) is 5.09. The summed E-state index contributed by atoms with van der Waals surface area (Å²) in [7, 11) is -0.564. The lowest BCUT2D eigenvalue weighted by Gasteiger charge is -2.32. The van der Waals surface area contributed by atoms with Gasteiger partial charge in [0, 0.05) is 5.69 Å². The van der Waals surface area contributed by atoms with Crippen molar-refractivity contribution >= 4 is 18.9 Å². The van der Waals surface area contributed by atoms with Crippen LogP contribution in [-0.2, 0) is 9.31 Å². The molecule has 5 nitrogen and oxygen atoms in total. The lowest BCUT2D eigenvalue weighted by Crippen LogP contribution is -2.41. The van der Waals surface area contributed by atoms with E-state index in [9.17, 15) is 5.11 Å². The van der Waals surface area contributed by atoms with Gasteiger partial charge in [0.1, 0.15) is 11.5 Å². The average molecular weight is 367 g/mol. The largest absolute Gasteiger partial charge is 0.492 e. The Labute approximate surface area is 160 Å². The molecule has 142 valence electrons. The van der Waals surface area contributed by atoms with Crippen LogP contribution in [0.4, 0.5) is 5.69 Å². The van der Waals surface area contributed by atoms with E-state index in [1.807, 2.05) is 70.2 Å². The van der Waals surface area contributed by atoms with Crippen LogP contribution >= 0.6 is 0 Å². The Balaban J connectivity index is 1.73. The van der Waals surface area contributed by atoms with E-state index in [1.165, 1.54) is 0 Å². The van der Waals surface area contributed by atoms with Crippen LogP contribution in [0.25, 0.3) is 6.08 Å². The second-order valence-electron chi connectivity index (χ2n) is 7.71. The first-order valence-electron chi connectivity index (χ1n) is 9.01. The number of nitrogen functional groups attached to an aromatic ring is 1. The predicted molar refractivity (Wildman–Crippen MR) is 109 cm³/mol. The summed E-state index contributed by atoms with van der Waals surface area (Å²) in [6, 6.07) is 14.8. The maximum absolute atomic E-state index is 9.80. The third-order valence-electron chi connectivity index (χ3n) is 5.09. The Hall–Kier alpha value is -2.28. The van der Waals surface area contributed by atoms with E-state index in [0.717, 1.165) is 17.1 Å². The summed E-state index contributed by atoms with van der Waals surface area (Å²) in [5, 5.41) is 9.80. The van der Waals surface area contributed by atoms with Crippen LogP contribution in [-0.4, -0.2) is 30.0 Å². The first-order valence-corrected chi connectivity index (χ1v) is 9.01. The molecule has 0 spiro atoms. The minimum absolute atomic E-state index is 0.138. The van der Waals surface area contributed by atoms with Crippen LogP contribution in [0.1, 0.15) is 33.3 Å². The molecule has 6 heteroatoms. The minimum Gasteiger partial charge on any atom is -0.457 e. The molecule has 2 aromatic rings. The van der Waals surface area contributed by atoms with Crippen molar-refractivity contribution in [2.45, 2.75) is 38.9 Å². The fourth-order valence-corrected chi connectivity index (χ4v) is 2.70. The highest BCUT2D eigenvalue weighted by Gasteiger charge is 2.52. The van der Waals surface area contributed by atoms with Crippen molar-refractivity contribution in [2.75, 3.05) is 12.3 Å². The summed E-state index contributed by atoms with van der Waals surface area (Å²) in [6.45, 7) is 7.83. The van der Waals surface area contributed by atoms with Gasteiger partial charge in [0.05, 0.1) is 17.8 Å². The molecule has 27 heavy (non-hydrogen) atoms. The zero-order chi connectivity index (χ0) is 19.7. The first-order chi connectivity index (χ1) is 12.7. The SMILES string of the molecule is CC1(C)OB(C(=Cc2ccc(Oc3ccc(N)cc3)cc2)CO)OC1(C)C. The Morgan fingerprint density at radius 1 is 0.963 bits per heavy atom. The summed E-state index contributed by atoms with van der Waals surface area (Å²) in [4.78, 5) is 0. The van der Waals surface area contributed by atoms with Crippen molar-refractivity contribution in [3.8, 4) is 11.5 Å². The van der Waals surface area contributed by atoms with Gasteiger partial charge >= 0.3 is 7.12 Å². The maximum atomic E-state index is 9.80. The summed E-state index contributed by atoms with van der Waals surface area (Å²) in [5.41, 5.74) is 7.11. The number of anilines is 1. The van der Waals surface area contributed by atoms with E-state index < -0.39 is 18.3 Å². The number of rotatable bonds is 5. The molecule has 1 aliphatic heterocycles. The lowest BCUT2D eigenvalue weighted by molar-refractivity contribution is 0.00578.